The van der Waals surface area contributed by atoms with Gasteiger partial charge in [-0.15, -0.1) is 0 Å². The average molecular weight is 300 g/mol. The molecule has 3 aromatic rings. The maximum absolute atomic E-state index is 12.0. The van der Waals surface area contributed by atoms with Crippen LogP contribution in [0, 0.1) is 0 Å². The highest BCUT2D eigenvalue weighted by atomic mass is 35.5. The maximum Gasteiger partial charge on any atom is 0.240 e. The Morgan fingerprint density at radius 1 is 1.19 bits per heavy atom. The third-order valence-electron chi connectivity index (χ3n) is 3.27. The molecule has 2 aromatic heterocycles. The zero-order chi connectivity index (χ0) is 14.7. The molecule has 0 aliphatic heterocycles. The van der Waals surface area contributed by atoms with E-state index in [1.54, 1.807) is 6.20 Å². The Morgan fingerprint density at radius 3 is 2.90 bits per heavy atom. The first-order valence-electron chi connectivity index (χ1n) is 6.64. The minimum absolute atomic E-state index is 0.0573. The van der Waals surface area contributed by atoms with E-state index in [1.807, 2.05) is 53.2 Å². The molecule has 106 valence electrons. The summed E-state index contributed by atoms with van der Waals surface area (Å²) in [5, 5.41) is 4.51. The number of nitrogens with zero attached hydrogens (tertiary/aromatic N) is 2. The van der Waals surface area contributed by atoms with E-state index in [0.717, 1.165) is 16.6 Å². The Labute approximate surface area is 127 Å². The summed E-state index contributed by atoms with van der Waals surface area (Å²) in [4.78, 5) is 16.2. The molecule has 3 rings (SSSR count). The van der Waals surface area contributed by atoms with Crippen LogP contribution in [0.25, 0.3) is 10.9 Å². The number of aromatic nitrogens is 2. The maximum atomic E-state index is 12.0. The van der Waals surface area contributed by atoms with Crippen LogP contribution in [-0.4, -0.2) is 15.5 Å². The van der Waals surface area contributed by atoms with Gasteiger partial charge >= 0.3 is 0 Å². The molecule has 21 heavy (non-hydrogen) atoms. The summed E-state index contributed by atoms with van der Waals surface area (Å²) in [6, 6.07) is 13.2. The zero-order valence-electron chi connectivity index (χ0n) is 11.3. The SMILES string of the molecule is O=C(Cn1ccc2c(Cl)cccc21)NCc1ccccn1. The van der Waals surface area contributed by atoms with Crippen molar-refractivity contribution in [2.75, 3.05) is 0 Å². The number of halogens is 1. The van der Waals surface area contributed by atoms with Crippen LogP contribution in [-0.2, 0) is 17.9 Å². The van der Waals surface area contributed by atoms with Crippen molar-refractivity contribution in [2.45, 2.75) is 13.1 Å². The van der Waals surface area contributed by atoms with Gasteiger partial charge < -0.3 is 9.88 Å². The monoisotopic (exact) mass is 299 g/mol. The molecule has 0 aliphatic carbocycles. The molecule has 1 aromatic carbocycles. The highest BCUT2D eigenvalue weighted by molar-refractivity contribution is 6.35. The van der Waals surface area contributed by atoms with Gasteiger partial charge in [0.25, 0.3) is 0 Å². The first-order valence-corrected chi connectivity index (χ1v) is 7.02. The molecular weight excluding hydrogens is 286 g/mol. The van der Waals surface area contributed by atoms with E-state index in [4.69, 9.17) is 11.6 Å². The Bertz CT molecular complexity index is 768. The van der Waals surface area contributed by atoms with Gasteiger partial charge in [-0.2, -0.15) is 0 Å². The number of amides is 1. The number of carbonyl (C=O) groups excluding carboxylic acids is 1. The molecular formula is C16H14ClN3O. The van der Waals surface area contributed by atoms with Crippen molar-refractivity contribution in [3.8, 4) is 0 Å². The molecule has 1 amide bonds. The number of carbonyl (C=O) groups is 1. The fourth-order valence-corrected chi connectivity index (χ4v) is 2.46. The molecule has 2 heterocycles. The summed E-state index contributed by atoms with van der Waals surface area (Å²) < 4.78 is 1.88. The largest absolute Gasteiger partial charge is 0.349 e. The summed E-state index contributed by atoms with van der Waals surface area (Å²) in [6.07, 6.45) is 3.58. The first-order chi connectivity index (χ1) is 10.2. The Hall–Kier alpha value is -2.33. The van der Waals surface area contributed by atoms with Crippen LogP contribution in [0.15, 0.2) is 54.9 Å². The van der Waals surface area contributed by atoms with Gasteiger partial charge in [0.05, 0.1) is 12.2 Å². The summed E-state index contributed by atoms with van der Waals surface area (Å²) in [5.74, 6) is -0.0573. The Morgan fingerprint density at radius 2 is 2.10 bits per heavy atom. The van der Waals surface area contributed by atoms with Gasteiger partial charge in [-0.3, -0.25) is 9.78 Å². The van der Waals surface area contributed by atoms with E-state index in [1.165, 1.54) is 0 Å². The van der Waals surface area contributed by atoms with Gasteiger partial charge in [-0.25, -0.2) is 0 Å². The van der Waals surface area contributed by atoms with Gasteiger partial charge in [-0.05, 0) is 30.3 Å². The van der Waals surface area contributed by atoms with Crippen LogP contribution in [0.1, 0.15) is 5.69 Å². The van der Waals surface area contributed by atoms with Gasteiger partial charge in [0.2, 0.25) is 5.91 Å². The number of pyridine rings is 1. The second kappa shape index (κ2) is 5.97. The second-order valence-corrected chi connectivity index (χ2v) is 5.12. The summed E-state index contributed by atoms with van der Waals surface area (Å²) >= 11 is 6.13. The third-order valence-corrected chi connectivity index (χ3v) is 3.60. The van der Waals surface area contributed by atoms with Crippen LogP contribution in [0.2, 0.25) is 5.02 Å². The number of fused-ring (bicyclic) bond motifs is 1. The predicted molar refractivity (Wildman–Crippen MR) is 83.0 cm³/mol. The fraction of sp³-hybridized carbons (Fsp3) is 0.125. The quantitative estimate of drug-likeness (QED) is 0.805. The van der Waals surface area contributed by atoms with Gasteiger partial charge in [0, 0.05) is 28.3 Å². The lowest BCUT2D eigenvalue weighted by Gasteiger charge is -2.07. The smallest absolute Gasteiger partial charge is 0.240 e. The van der Waals surface area contributed by atoms with Crippen LogP contribution < -0.4 is 5.32 Å². The highest BCUT2D eigenvalue weighted by Crippen LogP contribution is 2.23. The van der Waals surface area contributed by atoms with Gasteiger partial charge in [0.1, 0.15) is 6.54 Å². The molecule has 0 unspecified atom stereocenters. The van der Waals surface area contributed by atoms with Gasteiger partial charge in [0.15, 0.2) is 0 Å². The van der Waals surface area contributed by atoms with Crippen molar-refractivity contribution in [1.29, 1.82) is 0 Å². The van der Waals surface area contributed by atoms with Crippen molar-refractivity contribution in [2.24, 2.45) is 0 Å². The number of rotatable bonds is 4. The van der Waals surface area contributed by atoms with E-state index < -0.39 is 0 Å². The van der Waals surface area contributed by atoms with Crippen molar-refractivity contribution in [3.63, 3.8) is 0 Å². The lowest BCUT2D eigenvalue weighted by atomic mass is 10.2. The minimum atomic E-state index is -0.0573. The van der Waals surface area contributed by atoms with Crippen molar-refractivity contribution in [1.82, 2.24) is 14.9 Å². The molecule has 0 atom stereocenters. The average Bonchev–Trinajstić information content (AvgIpc) is 2.91. The molecule has 0 spiro atoms. The van der Waals surface area contributed by atoms with Crippen LogP contribution in [0.3, 0.4) is 0 Å². The first kappa shape index (κ1) is 13.6. The Kier molecular flexibility index (Phi) is 3.88. The Balaban J connectivity index is 1.68. The number of nitrogens with one attached hydrogen (secondary N) is 1. The summed E-state index contributed by atoms with van der Waals surface area (Å²) in [5.41, 5.74) is 1.79. The normalized spacial score (nSPS) is 10.7. The predicted octanol–water partition coefficient (Wildman–Crippen LogP) is 3.01. The summed E-state index contributed by atoms with van der Waals surface area (Å²) in [6.45, 7) is 0.691. The fourth-order valence-electron chi connectivity index (χ4n) is 2.23. The van der Waals surface area contributed by atoms with Crippen LogP contribution >= 0.6 is 11.6 Å². The van der Waals surface area contributed by atoms with Crippen molar-refractivity contribution in [3.05, 3.63) is 65.6 Å². The van der Waals surface area contributed by atoms with E-state index in [-0.39, 0.29) is 12.5 Å². The van der Waals surface area contributed by atoms with E-state index in [9.17, 15) is 4.79 Å². The lowest BCUT2D eigenvalue weighted by Crippen LogP contribution is -2.27. The third kappa shape index (κ3) is 3.06. The van der Waals surface area contributed by atoms with Crippen LogP contribution in [0.5, 0.6) is 0 Å². The van der Waals surface area contributed by atoms with Crippen molar-refractivity contribution >= 4 is 28.4 Å². The molecule has 1 N–H and O–H groups in total. The number of hydrogen-bond donors (Lipinski definition) is 1. The van der Waals surface area contributed by atoms with Crippen molar-refractivity contribution < 1.29 is 4.79 Å². The molecule has 0 saturated carbocycles. The molecule has 0 aliphatic rings. The summed E-state index contributed by atoms with van der Waals surface area (Å²) in [7, 11) is 0. The molecule has 0 radical (unpaired) electrons. The zero-order valence-corrected chi connectivity index (χ0v) is 12.0. The second-order valence-electron chi connectivity index (χ2n) is 4.71. The van der Waals surface area contributed by atoms with Gasteiger partial charge in [-0.1, -0.05) is 23.7 Å². The molecule has 5 heteroatoms. The molecule has 0 fully saturated rings. The number of benzene rings is 1. The molecule has 0 bridgehead atoms. The molecule has 4 nitrogen and oxygen atoms in total. The van der Waals surface area contributed by atoms with Crippen LogP contribution in [0.4, 0.5) is 0 Å². The number of hydrogen-bond acceptors (Lipinski definition) is 2. The minimum Gasteiger partial charge on any atom is -0.349 e. The highest BCUT2D eigenvalue weighted by Gasteiger charge is 2.08. The topological polar surface area (TPSA) is 46.9 Å². The van der Waals surface area contributed by atoms with E-state index >= 15 is 0 Å². The van der Waals surface area contributed by atoms with E-state index in [2.05, 4.69) is 10.3 Å². The molecule has 0 saturated heterocycles. The lowest BCUT2D eigenvalue weighted by molar-refractivity contribution is -0.121. The standard InChI is InChI=1S/C16H14ClN3O/c17-14-5-3-6-15-13(14)7-9-20(15)11-16(21)19-10-12-4-1-2-8-18-12/h1-9H,10-11H2,(H,19,21). The van der Waals surface area contributed by atoms with E-state index in [0.29, 0.717) is 11.6 Å².